The minimum Gasteiger partial charge on any atom is -0.497 e. The van der Waals surface area contributed by atoms with Crippen molar-refractivity contribution in [2.24, 2.45) is 5.92 Å². The van der Waals surface area contributed by atoms with Gasteiger partial charge in [0.1, 0.15) is 11.5 Å². The fourth-order valence-corrected chi connectivity index (χ4v) is 4.03. The van der Waals surface area contributed by atoms with E-state index in [-0.39, 0.29) is 12.0 Å². The molecule has 1 heterocycles. The quantitative estimate of drug-likeness (QED) is 0.899. The summed E-state index contributed by atoms with van der Waals surface area (Å²) in [5, 5.41) is 14.6. The van der Waals surface area contributed by atoms with Crippen LogP contribution in [0.4, 0.5) is 0 Å². The van der Waals surface area contributed by atoms with Crippen LogP contribution < -0.4 is 14.8 Å². The Balaban J connectivity index is 1.95. The number of benzene rings is 1. The van der Waals surface area contributed by atoms with Crippen LogP contribution in [0.25, 0.3) is 0 Å². The molecule has 0 spiro atoms. The van der Waals surface area contributed by atoms with Crippen LogP contribution in [-0.2, 0) is 0 Å². The van der Waals surface area contributed by atoms with Crippen molar-refractivity contribution in [3.8, 4) is 11.5 Å². The van der Waals surface area contributed by atoms with Crippen LogP contribution in [-0.4, -0.2) is 31.5 Å². The number of rotatable bonds is 3. The highest BCUT2D eigenvalue weighted by Crippen LogP contribution is 2.47. The van der Waals surface area contributed by atoms with Gasteiger partial charge in [-0.25, -0.2) is 0 Å². The van der Waals surface area contributed by atoms with Crippen LogP contribution in [0, 0.1) is 5.92 Å². The Hall–Kier alpha value is -1.26. The number of hydrogen-bond acceptors (Lipinski definition) is 4. The largest absolute Gasteiger partial charge is 0.497 e. The Bertz CT molecular complexity index is 501. The van der Waals surface area contributed by atoms with Gasteiger partial charge in [0.25, 0.3) is 0 Å². The minimum atomic E-state index is -0.515. The van der Waals surface area contributed by atoms with E-state index in [1.54, 1.807) is 14.2 Å². The second-order valence-electron chi connectivity index (χ2n) is 6.25. The van der Waals surface area contributed by atoms with Gasteiger partial charge in [0.2, 0.25) is 0 Å². The highest BCUT2D eigenvalue weighted by atomic mass is 16.5. The van der Waals surface area contributed by atoms with Gasteiger partial charge < -0.3 is 19.9 Å². The molecule has 1 aromatic carbocycles. The number of hydrogen-bond donors (Lipinski definition) is 2. The van der Waals surface area contributed by atoms with E-state index in [0.29, 0.717) is 0 Å². The summed E-state index contributed by atoms with van der Waals surface area (Å²) in [6.07, 6.45) is 5.19. The predicted octanol–water partition coefficient (Wildman–Crippen LogP) is 2.66. The maximum Gasteiger partial charge on any atom is 0.127 e. The van der Waals surface area contributed by atoms with Gasteiger partial charge in [-0.2, -0.15) is 0 Å². The van der Waals surface area contributed by atoms with Crippen molar-refractivity contribution in [1.82, 2.24) is 5.32 Å². The lowest BCUT2D eigenvalue weighted by Gasteiger charge is -2.48. The number of fused-ring (bicyclic) bond motifs is 1. The molecule has 1 aromatic rings. The van der Waals surface area contributed by atoms with E-state index in [4.69, 9.17) is 9.47 Å². The lowest BCUT2D eigenvalue weighted by atomic mass is 9.66. The van der Waals surface area contributed by atoms with Gasteiger partial charge in [0, 0.05) is 23.6 Å². The molecule has 4 nitrogen and oxygen atoms in total. The summed E-state index contributed by atoms with van der Waals surface area (Å²) in [6.45, 7) is 0.854. The highest BCUT2D eigenvalue weighted by molar-refractivity contribution is 5.43. The molecule has 1 aliphatic carbocycles. The van der Waals surface area contributed by atoms with Gasteiger partial charge >= 0.3 is 0 Å². The zero-order chi connectivity index (χ0) is 14.9. The molecular formula is C17H25NO3. The van der Waals surface area contributed by atoms with Gasteiger partial charge in [-0.05, 0) is 31.9 Å². The Labute approximate surface area is 126 Å². The smallest absolute Gasteiger partial charge is 0.127 e. The fraction of sp³-hybridized carbons (Fsp3) is 0.647. The maximum atomic E-state index is 11.0. The van der Waals surface area contributed by atoms with Gasteiger partial charge in [-0.1, -0.05) is 18.9 Å². The molecule has 3 atom stereocenters. The molecule has 0 radical (unpaired) electrons. The SMILES string of the molecule is COc1ccc([C@H]2NCC[C@@]3(O)CCCC[C@@H]23)c(OC)c1. The van der Waals surface area contributed by atoms with Crippen LogP contribution in [0.5, 0.6) is 11.5 Å². The van der Waals surface area contributed by atoms with Crippen molar-refractivity contribution >= 4 is 0 Å². The van der Waals surface area contributed by atoms with E-state index in [9.17, 15) is 5.11 Å². The molecule has 2 fully saturated rings. The molecule has 0 amide bonds. The molecule has 4 heteroatoms. The topological polar surface area (TPSA) is 50.7 Å². The summed E-state index contributed by atoms with van der Waals surface area (Å²) in [4.78, 5) is 0. The Morgan fingerprint density at radius 3 is 2.81 bits per heavy atom. The average Bonchev–Trinajstić information content (AvgIpc) is 2.53. The van der Waals surface area contributed by atoms with E-state index < -0.39 is 5.60 Å². The monoisotopic (exact) mass is 291 g/mol. The second-order valence-corrected chi connectivity index (χ2v) is 6.25. The molecule has 2 N–H and O–H groups in total. The standard InChI is InChI=1S/C17H25NO3/c1-20-12-6-7-13(15(11-12)21-2)16-14-5-3-4-8-17(14,19)9-10-18-16/h6-7,11,14,16,18-19H,3-5,8-10H2,1-2H3/t14-,16+,17-/m0/s1. The number of nitrogens with one attached hydrogen (secondary N) is 1. The summed E-state index contributed by atoms with van der Waals surface area (Å²) in [7, 11) is 3.35. The first-order valence-electron chi connectivity index (χ1n) is 7.85. The lowest BCUT2D eigenvalue weighted by molar-refractivity contribution is -0.0863. The van der Waals surface area contributed by atoms with E-state index in [1.165, 1.54) is 6.42 Å². The van der Waals surface area contributed by atoms with E-state index in [2.05, 4.69) is 11.4 Å². The van der Waals surface area contributed by atoms with Crippen LogP contribution >= 0.6 is 0 Å². The first-order chi connectivity index (χ1) is 10.2. The molecule has 0 unspecified atom stereocenters. The third-order valence-corrected chi connectivity index (χ3v) is 5.17. The van der Waals surface area contributed by atoms with Crippen LogP contribution in [0.3, 0.4) is 0 Å². The zero-order valence-electron chi connectivity index (χ0n) is 12.9. The van der Waals surface area contributed by atoms with Crippen LogP contribution in [0.2, 0.25) is 0 Å². The minimum absolute atomic E-state index is 0.157. The molecule has 116 valence electrons. The Morgan fingerprint density at radius 1 is 1.19 bits per heavy atom. The number of methoxy groups -OCH3 is 2. The molecule has 0 aromatic heterocycles. The number of piperidine rings is 1. The Morgan fingerprint density at radius 2 is 2.05 bits per heavy atom. The molecule has 0 bridgehead atoms. The van der Waals surface area contributed by atoms with Gasteiger partial charge in [-0.15, -0.1) is 0 Å². The van der Waals surface area contributed by atoms with Gasteiger partial charge in [0.05, 0.1) is 19.8 Å². The van der Waals surface area contributed by atoms with Gasteiger partial charge in [-0.3, -0.25) is 0 Å². The second kappa shape index (κ2) is 5.85. The summed E-state index contributed by atoms with van der Waals surface area (Å²) in [5.74, 6) is 1.90. The first-order valence-corrected chi connectivity index (χ1v) is 7.85. The van der Waals surface area contributed by atoms with Crippen molar-refractivity contribution in [2.45, 2.75) is 43.7 Å². The predicted molar refractivity (Wildman–Crippen MR) is 81.8 cm³/mol. The summed E-state index contributed by atoms with van der Waals surface area (Å²) < 4.78 is 10.8. The molecule has 2 aliphatic rings. The average molecular weight is 291 g/mol. The lowest BCUT2D eigenvalue weighted by Crippen LogP contribution is -2.53. The number of ether oxygens (including phenoxy) is 2. The van der Waals surface area contributed by atoms with Gasteiger partial charge in [0.15, 0.2) is 0 Å². The summed E-state index contributed by atoms with van der Waals surface area (Å²) in [6, 6.07) is 6.11. The first kappa shape index (κ1) is 14.7. The summed E-state index contributed by atoms with van der Waals surface area (Å²) >= 11 is 0. The van der Waals surface area contributed by atoms with E-state index >= 15 is 0 Å². The van der Waals surface area contributed by atoms with Crippen molar-refractivity contribution in [3.63, 3.8) is 0 Å². The molecular weight excluding hydrogens is 266 g/mol. The van der Waals surface area contributed by atoms with Crippen molar-refractivity contribution in [2.75, 3.05) is 20.8 Å². The number of aliphatic hydroxyl groups is 1. The highest BCUT2D eigenvalue weighted by Gasteiger charge is 2.46. The molecule has 1 saturated carbocycles. The third kappa shape index (κ3) is 2.62. The Kier molecular flexibility index (Phi) is 4.09. The normalized spacial score (nSPS) is 32.3. The van der Waals surface area contributed by atoms with E-state index in [1.807, 2.05) is 12.1 Å². The van der Waals surface area contributed by atoms with Crippen molar-refractivity contribution < 1.29 is 14.6 Å². The fourth-order valence-electron chi connectivity index (χ4n) is 4.03. The molecule has 3 rings (SSSR count). The van der Waals surface area contributed by atoms with E-state index in [0.717, 1.165) is 49.3 Å². The van der Waals surface area contributed by atoms with Crippen molar-refractivity contribution in [3.05, 3.63) is 23.8 Å². The third-order valence-electron chi connectivity index (χ3n) is 5.17. The zero-order valence-corrected chi connectivity index (χ0v) is 12.9. The van der Waals surface area contributed by atoms with Crippen molar-refractivity contribution in [1.29, 1.82) is 0 Å². The molecule has 21 heavy (non-hydrogen) atoms. The summed E-state index contributed by atoms with van der Waals surface area (Å²) in [5.41, 5.74) is 0.613. The maximum absolute atomic E-state index is 11.0. The van der Waals surface area contributed by atoms with Crippen LogP contribution in [0.15, 0.2) is 18.2 Å². The van der Waals surface area contributed by atoms with Crippen LogP contribution in [0.1, 0.15) is 43.7 Å². The molecule has 1 saturated heterocycles. The molecule has 1 aliphatic heterocycles.